The molecule has 0 amide bonds. The van der Waals surface area contributed by atoms with Crippen LogP contribution in [-0.4, -0.2) is 110 Å². The first-order chi connectivity index (χ1) is 28.8. The molecule has 4 unspecified atom stereocenters. The van der Waals surface area contributed by atoms with Gasteiger partial charge in [-0.2, -0.15) is 0 Å². The molecule has 1 aliphatic rings. The number of hydrogen-bond donors (Lipinski definition) is 7. The van der Waals surface area contributed by atoms with E-state index in [-0.39, 0.29) is 12.8 Å². The van der Waals surface area contributed by atoms with E-state index in [0.717, 1.165) is 89.9 Å². The number of aliphatic hydroxyl groups excluding tert-OH is 6. The molecule has 1 saturated carbocycles. The predicted octanol–water partition coefficient (Wildman–Crippen LogP) is 7.36. The van der Waals surface area contributed by atoms with Gasteiger partial charge in [-0.3, -0.25) is 18.6 Å². The summed E-state index contributed by atoms with van der Waals surface area (Å²) in [7, 11) is -5.13. The van der Waals surface area contributed by atoms with Crippen LogP contribution in [-0.2, 0) is 32.7 Å². The van der Waals surface area contributed by atoms with Gasteiger partial charge in [0.25, 0.3) is 0 Å². The number of rotatable bonds is 36. The van der Waals surface area contributed by atoms with Gasteiger partial charge in [0.2, 0.25) is 0 Å². The summed E-state index contributed by atoms with van der Waals surface area (Å²) in [6.07, 6.45) is 23.5. The number of phosphoric ester groups is 1. The lowest BCUT2D eigenvalue weighted by Gasteiger charge is -2.41. The number of ether oxygens (including phenoxy) is 2. The maximum absolute atomic E-state index is 12.8. The second kappa shape index (κ2) is 35.3. The summed E-state index contributed by atoms with van der Waals surface area (Å²) in [5.74, 6) is -1.16. The van der Waals surface area contributed by atoms with Crippen LogP contribution in [0, 0.1) is 0 Å². The molecule has 15 heteroatoms. The molecule has 0 aliphatic heterocycles. The highest BCUT2D eigenvalue weighted by molar-refractivity contribution is 7.47. The van der Waals surface area contributed by atoms with Crippen LogP contribution in [0.5, 0.6) is 0 Å². The van der Waals surface area contributed by atoms with Gasteiger partial charge in [-0.15, -0.1) is 0 Å². The van der Waals surface area contributed by atoms with Crippen LogP contribution < -0.4 is 0 Å². The molecule has 9 atom stereocenters. The smallest absolute Gasteiger partial charge is 0.462 e. The third kappa shape index (κ3) is 27.7. The fraction of sp³-hybridized carbons (Fsp3) is 0.778. The summed E-state index contributed by atoms with van der Waals surface area (Å²) in [5, 5.41) is 60.0. The van der Waals surface area contributed by atoms with Gasteiger partial charge in [-0.25, -0.2) is 4.57 Å². The van der Waals surface area contributed by atoms with Crippen LogP contribution in [0.25, 0.3) is 0 Å². The molecule has 1 rings (SSSR count). The number of aliphatic hydroxyl groups is 6. The highest BCUT2D eigenvalue weighted by Gasteiger charge is 2.51. The van der Waals surface area contributed by atoms with Gasteiger partial charge in [0.1, 0.15) is 43.2 Å². The van der Waals surface area contributed by atoms with Crippen molar-refractivity contribution < 1.29 is 68.2 Å². The first kappa shape index (κ1) is 55.8. The average molecular weight is 875 g/mol. The Morgan fingerprint density at radius 3 is 1.67 bits per heavy atom. The van der Waals surface area contributed by atoms with E-state index in [0.29, 0.717) is 19.3 Å². The number of allylic oxidation sites excluding steroid dienone is 6. The fourth-order valence-corrected chi connectivity index (χ4v) is 7.52. The molecule has 0 bridgehead atoms. The number of carbonyl (C=O) groups excluding carboxylic acids is 2. The Labute approximate surface area is 359 Å². The Morgan fingerprint density at radius 2 is 1.10 bits per heavy atom. The van der Waals surface area contributed by atoms with E-state index >= 15 is 0 Å². The Kier molecular flexibility index (Phi) is 32.8. The lowest BCUT2D eigenvalue weighted by Crippen LogP contribution is -2.64. The molecule has 60 heavy (non-hydrogen) atoms. The lowest BCUT2D eigenvalue weighted by atomic mass is 9.85. The highest BCUT2D eigenvalue weighted by atomic mass is 31.2. The first-order valence-corrected chi connectivity index (χ1v) is 24.0. The molecule has 0 radical (unpaired) electrons. The van der Waals surface area contributed by atoms with Gasteiger partial charge >= 0.3 is 19.8 Å². The van der Waals surface area contributed by atoms with Gasteiger partial charge in [0.05, 0.1) is 12.7 Å². The van der Waals surface area contributed by atoms with E-state index < -0.39 is 81.8 Å². The average Bonchev–Trinajstić information content (AvgIpc) is 3.22. The van der Waals surface area contributed by atoms with Gasteiger partial charge in [0.15, 0.2) is 6.10 Å². The summed E-state index contributed by atoms with van der Waals surface area (Å²) < 4.78 is 33.4. The van der Waals surface area contributed by atoms with Crippen molar-refractivity contribution in [2.45, 2.75) is 210 Å². The lowest BCUT2D eigenvalue weighted by molar-refractivity contribution is -0.220. The standard InChI is InChI=1S/C45H79O14P/c1-3-5-7-8-9-10-11-12-13-14-15-18-22-25-29-33-39(48)58-37(35-57-60(54,55)59-45-43(52)41(50)40(49)42(51)44(45)53)34-56-38(47)32-28-24-21-19-16-17-20-23-27-31-36(46)30-26-6-4-2/h6,10-11,20,23,26-27,31,36-37,40-46,49-53H,3-5,7-9,12-19,21-22,24-25,28-30,32-35H2,1-2H3,(H,54,55)/b11-10-,23-20+,26-6+,31-27+/t36?,37-,40?,41-,42+,43-,44-,45?/m1/s1. The van der Waals surface area contributed by atoms with Gasteiger partial charge in [-0.05, 0) is 64.2 Å². The highest BCUT2D eigenvalue weighted by Crippen LogP contribution is 2.47. The number of carbonyl (C=O) groups is 2. The molecule has 0 spiro atoms. The minimum atomic E-state index is -5.13. The van der Waals surface area contributed by atoms with Crippen molar-refractivity contribution in [2.24, 2.45) is 0 Å². The molecular weight excluding hydrogens is 795 g/mol. The molecular formula is C45H79O14P. The molecule has 0 heterocycles. The van der Waals surface area contributed by atoms with Crippen molar-refractivity contribution >= 4 is 19.8 Å². The van der Waals surface area contributed by atoms with Crippen LogP contribution in [0.2, 0.25) is 0 Å². The quantitative estimate of drug-likeness (QED) is 0.0107. The van der Waals surface area contributed by atoms with Gasteiger partial charge in [0, 0.05) is 12.8 Å². The normalized spacial score (nSPS) is 23.1. The van der Waals surface area contributed by atoms with Crippen LogP contribution in [0.15, 0.2) is 48.6 Å². The SMILES string of the molecule is CC/C=C/CC(O)/C=C/C=C/CCCCCCCC(=O)OC[C@H](COP(=O)(O)OC1[C@H](O)[C@H](O)C(O)[C@H](O)[C@H]1O)OC(=O)CCCCCCCCC/C=C\CCCCCC. The summed E-state index contributed by atoms with van der Waals surface area (Å²) in [5.41, 5.74) is 0. The monoisotopic (exact) mass is 875 g/mol. The maximum Gasteiger partial charge on any atom is 0.472 e. The minimum absolute atomic E-state index is 0.0753. The molecule has 1 fully saturated rings. The second-order valence-corrected chi connectivity index (χ2v) is 17.1. The fourth-order valence-electron chi connectivity index (χ4n) is 6.55. The molecule has 7 N–H and O–H groups in total. The summed E-state index contributed by atoms with van der Waals surface area (Å²) in [6, 6.07) is 0. The van der Waals surface area contributed by atoms with Crippen molar-refractivity contribution in [1.82, 2.24) is 0 Å². The second-order valence-electron chi connectivity index (χ2n) is 15.7. The number of unbranched alkanes of at least 4 members (excludes halogenated alkanes) is 16. The number of phosphoric acid groups is 1. The molecule has 14 nitrogen and oxygen atoms in total. The molecule has 1 aliphatic carbocycles. The minimum Gasteiger partial charge on any atom is -0.462 e. The van der Waals surface area contributed by atoms with E-state index in [9.17, 15) is 49.7 Å². The van der Waals surface area contributed by atoms with E-state index in [4.69, 9.17) is 18.5 Å². The van der Waals surface area contributed by atoms with E-state index in [2.05, 4.69) is 25.2 Å². The van der Waals surface area contributed by atoms with E-state index in [1.54, 1.807) is 6.08 Å². The van der Waals surface area contributed by atoms with Crippen LogP contribution in [0.1, 0.15) is 162 Å². The largest absolute Gasteiger partial charge is 0.472 e. The van der Waals surface area contributed by atoms with Crippen LogP contribution in [0.3, 0.4) is 0 Å². The zero-order valence-electron chi connectivity index (χ0n) is 36.4. The summed E-state index contributed by atoms with van der Waals surface area (Å²) in [6.45, 7) is 3.04. The number of hydrogen-bond acceptors (Lipinski definition) is 13. The van der Waals surface area contributed by atoms with Gasteiger partial charge in [-0.1, -0.05) is 133 Å². The van der Waals surface area contributed by atoms with E-state index in [1.807, 2.05) is 31.2 Å². The third-order valence-corrected chi connectivity index (χ3v) is 11.2. The van der Waals surface area contributed by atoms with Gasteiger partial charge < -0.3 is 45.0 Å². The summed E-state index contributed by atoms with van der Waals surface area (Å²) in [4.78, 5) is 35.7. The predicted molar refractivity (Wildman–Crippen MR) is 232 cm³/mol. The van der Waals surface area contributed by atoms with Crippen molar-refractivity contribution in [3.63, 3.8) is 0 Å². The number of esters is 2. The topological polar surface area (TPSA) is 230 Å². The molecule has 348 valence electrons. The Morgan fingerprint density at radius 1 is 0.600 bits per heavy atom. The van der Waals surface area contributed by atoms with Crippen molar-refractivity contribution in [3.8, 4) is 0 Å². The Hall–Kier alpha value is -2.23. The van der Waals surface area contributed by atoms with E-state index in [1.165, 1.54) is 25.7 Å². The first-order valence-electron chi connectivity index (χ1n) is 22.5. The zero-order valence-corrected chi connectivity index (χ0v) is 37.2. The van der Waals surface area contributed by atoms with Crippen LogP contribution >= 0.6 is 7.82 Å². The van der Waals surface area contributed by atoms with Crippen molar-refractivity contribution in [1.29, 1.82) is 0 Å². The Bertz CT molecular complexity index is 1260. The molecule has 0 saturated heterocycles. The summed E-state index contributed by atoms with van der Waals surface area (Å²) >= 11 is 0. The maximum atomic E-state index is 12.8. The molecule has 0 aromatic carbocycles. The Balaban J connectivity index is 2.50. The third-order valence-electron chi connectivity index (χ3n) is 10.2. The van der Waals surface area contributed by atoms with Crippen LogP contribution in [0.4, 0.5) is 0 Å². The molecule has 0 aromatic rings. The molecule has 0 aromatic heterocycles. The van der Waals surface area contributed by atoms with Crippen molar-refractivity contribution in [3.05, 3.63) is 48.6 Å². The zero-order chi connectivity index (χ0) is 44.4. The van der Waals surface area contributed by atoms with Crippen molar-refractivity contribution in [2.75, 3.05) is 13.2 Å².